The zero-order valence-electron chi connectivity index (χ0n) is 12.0. The summed E-state index contributed by atoms with van der Waals surface area (Å²) in [6.07, 6.45) is 1.68. The third-order valence-corrected chi connectivity index (χ3v) is 2.80. The highest BCUT2D eigenvalue weighted by atomic mass is 35.5. The molecular weight excluding hydrogens is 294 g/mol. The minimum Gasteiger partial charge on any atom is -0.478 e. The first-order valence-electron chi connectivity index (χ1n) is 6.35. The predicted molar refractivity (Wildman–Crippen MR) is 78.3 cm³/mol. The molecule has 0 aliphatic carbocycles. The maximum absolute atomic E-state index is 10.9. The van der Waals surface area contributed by atoms with Gasteiger partial charge in [0, 0.05) is 12.3 Å². The lowest BCUT2D eigenvalue weighted by Gasteiger charge is -2.17. The van der Waals surface area contributed by atoms with Crippen LogP contribution in [0.15, 0.2) is 24.4 Å². The van der Waals surface area contributed by atoms with Crippen LogP contribution in [-0.2, 0) is 0 Å². The maximum atomic E-state index is 10.9. The summed E-state index contributed by atoms with van der Waals surface area (Å²) in [5.41, 5.74) is -0.00846. The highest BCUT2D eigenvalue weighted by Crippen LogP contribution is 2.19. The minimum atomic E-state index is -1.12. The zero-order valence-corrected chi connectivity index (χ0v) is 12.8. The predicted octanol–water partition coefficient (Wildman–Crippen LogP) is 3.04. The molecule has 0 saturated heterocycles. The molecule has 0 saturated carbocycles. The van der Waals surface area contributed by atoms with Crippen LogP contribution in [0, 0.1) is 5.41 Å². The Morgan fingerprint density at radius 1 is 1.38 bits per heavy atom. The average molecular weight is 310 g/mol. The van der Waals surface area contributed by atoms with E-state index in [1.54, 1.807) is 12.3 Å². The van der Waals surface area contributed by atoms with Gasteiger partial charge in [-0.25, -0.2) is 14.5 Å². The van der Waals surface area contributed by atoms with Crippen molar-refractivity contribution >= 4 is 17.6 Å². The lowest BCUT2D eigenvalue weighted by Crippen LogP contribution is -2.17. The monoisotopic (exact) mass is 309 g/mol. The van der Waals surface area contributed by atoms with Crippen LogP contribution in [0.4, 0.5) is 0 Å². The van der Waals surface area contributed by atoms with Crippen molar-refractivity contribution in [3.05, 3.63) is 35.1 Å². The van der Waals surface area contributed by atoms with Gasteiger partial charge in [0.15, 0.2) is 5.82 Å². The first-order valence-corrected chi connectivity index (χ1v) is 6.73. The van der Waals surface area contributed by atoms with Crippen molar-refractivity contribution in [3.8, 4) is 11.7 Å². The summed E-state index contributed by atoms with van der Waals surface area (Å²) in [6, 6.07) is 4.65. The molecule has 0 aliphatic rings. The van der Waals surface area contributed by atoms with Gasteiger partial charge in [-0.05, 0) is 17.5 Å². The number of aromatic carboxylic acids is 1. The number of nitrogens with zero attached hydrogens (tertiary/aromatic N) is 3. The van der Waals surface area contributed by atoms with Gasteiger partial charge in [0.05, 0.1) is 12.2 Å². The molecule has 7 heteroatoms. The molecule has 21 heavy (non-hydrogen) atoms. The van der Waals surface area contributed by atoms with Crippen LogP contribution in [0.5, 0.6) is 5.88 Å². The van der Waals surface area contributed by atoms with Gasteiger partial charge < -0.3 is 9.84 Å². The average Bonchev–Trinajstić information content (AvgIpc) is 2.83. The Balaban J connectivity index is 2.18. The molecule has 2 heterocycles. The number of carboxylic acids is 1. The Hall–Kier alpha value is -2.08. The second kappa shape index (κ2) is 5.73. The van der Waals surface area contributed by atoms with Crippen molar-refractivity contribution in [1.29, 1.82) is 0 Å². The van der Waals surface area contributed by atoms with E-state index in [0.717, 1.165) is 0 Å². The van der Waals surface area contributed by atoms with Crippen molar-refractivity contribution in [2.75, 3.05) is 6.61 Å². The second-order valence-corrected chi connectivity index (χ2v) is 6.12. The van der Waals surface area contributed by atoms with Crippen LogP contribution in [0.1, 0.15) is 31.1 Å². The highest BCUT2D eigenvalue weighted by molar-refractivity contribution is 6.32. The molecule has 0 aromatic carbocycles. The van der Waals surface area contributed by atoms with Crippen molar-refractivity contribution < 1.29 is 14.6 Å². The largest absolute Gasteiger partial charge is 0.478 e. The zero-order chi connectivity index (χ0) is 15.6. The number of ether oxygens (including phenoxy) is 1. The van der Waals surface area contributed by atoms with E-state index in [9.17, 15) is 4.79 Å². The van der Waals surface area contributed by atoms with Gasteiger partial charge in [0.2, 0.25) is 5.88 Å². The number of carbonyl (C=O) groups is 1. The number of pyridine rings is 1. The van der Waals surface area contributed by atoms with Gasteiger partial charge in [-0.1, -0.05) is 32.4 Å². The van der Waals surface area contributed by atoms with Crippen LogP contribution >= 0.6 is 11.6 Å². The molecule has 0 spiro atoms. The van der Waals surface area contributed by atoms with E-state index < -0.39 is 5.97 Å². The van der Waals surface area contributed by atoms with E-state index in [0.29, 0.717) is 18.3 Å². The molecule has 1 N–H and O–H groups in total. The van der Waals surface area contributed by atoms with Gasteiger partial charge >= 0.3 is 5.97 Å². The summed E-state index contributed by atoms with van der Waals surface area (Å²) in [5.74, 6) is -0.213. The molecule has 0 unspecified atom stereocenters. The lowest BCUT2D eigenvalue weighted by molar-refractivity contribution is 0.0696. The molecule has 0 aliphatic heterocycles. The quantitative estimate of drug-likeness (QED) is 0.878. The first-order chi connectivity index (χ1) is 9.76. The third kappa shape index (κ3) is 3.95. The van der Waals surface area contributed by atoms with E-state index in [1.165, 1.54) is 16.8 Å². The smallest absolute Gasteiger partial charge is 0.338 e. The Kier molecular flexibility index (Phi) is 4.18. The van der Waals surface area contributed by atoms with Crippen molar-refractivity contribution in [3.63, 3.8) is 0 Å². The molecule has 0 fully saturated rings. The second-order valence-electron chi connectivity index (χ2n) is 5.76. The molecule has 2 rings (SSSR count). The summed E-state index contributed by atoms with van der Waals surface area (Å²) in [7, 11) is 0. The lowest BCUT2D eigenvalue weighted by atomic mass is 9.99. The van der Waals surface area contributed by atoms with Gasteiger partial charge in [-0.3, -0.25) is 0 Å². The molecule has 0 radical (unpaired) electrons. The van der Waals surface area contributed by atoms with Crippen LogP contribution in [0.25, 0.3) is 5.82 Å². The number of carboxylic acid groups (broad SMARTS) is 1. The summed E-state index contributed by atoms with van der Waals surface area (Å²) in [6.45, 7) is 6.73. The van der Waals surface area contributed by atoms with Gasteiger partial charge in [-0.15, -0.1) is 5.10 Å². The van der Waals surface area contributed by atoms with Crippen molar-refractivity contribution in [1.82, 2.24) is 14.8 Å². The molecule has 0 amide bonds. The van der Waals surface area contributed by atoms with E-state index >= 15 is 0 Å². The normalized spacial score (nSPS) is 11.4. The van der Waals surface area contributed by atoms with E-state index in [2.05, 4.69) is 30.9 Å². The Morgan fingerprint density at radius 2 is 2.10 bits per heavy atom. The summed E-state index contributed by atoms with van der Waals surface area (Å²) in [5, 5.41) is 13.1. The topological polar surface area (TPSA) is 77.2 Å². The summed E-state index contributed by atoms with van der Waals surface area (Å²) < 4.78 is 7.06. The molecule has 6 nitrogen and oxygen atoms in total. The fourth-order valence-electron chi connectivity index (χ4n) is 1.51. The fraction of sp³-hybridized carbons (Fsp3) is 0.357. The van der Waals surface area contributed by atoms with E-state index in [1.807, 2.05) is 0 Å². The standard InChI is InChI=1S/C14H16ClN3O3/c1-14(2,3)8-21-11-6-7-18(17-11)10-5-4-9(13(19)20)12(15)16-10/h4-7H,8H2,1-3H3,(H,19,20). The molecule has 0 bridgehead atoms. The van der Waals surface area contributed by atoms with Crippen LogP contribution < -0.4 is 4.74 Å². The molecule has 2 aromatic heterocycles. The molecule has 2 aromatic rings. The Bertz CT molecular complexity index is 662. The molecular formula is C14H16ClN3O3. The first kappa shape index (κ1) is 15.3. The van der Waals surface area contributed by atoms with Gasteiger partial charge in [0.1, 0.15) is 5.15 Å². The highest BCUT2D eigenvalue weighted by Gasteiger charge is 2.14. The van der Waals surface area contributed by atoms with Crippen LogP contribution in [0.3, 0.4) is 0 Å². The molecule has 112 valence electrons. The maximum Gasteiger partial charge on any atom is 0.338 e. The number of rotatable bonds is 4. The number of hydrogen-bond donors (Lipinski definition) is 1. The summed E-state index contributed by atoms with van der Waals surface area (Å²) in [4.78, 5) is 14.9. The Morgan fingerprint density at radius 3 is 2.67 bits per heavy atom. The van der Waals surface area contributed by atoms with Crippen molar-refractivity contribution in [2.45, 2.75) is 20.8 Å². The number of aromatic nitrogens is 3. The van der Waals surface area contributed by atoms with Crippen LogP contribution in [0.2, 0.25) is 5.15 Å². The Labute approximate surface area is 127 Å². The summed E-state index contributed by atoms with van der Waals surface area (Å²) >= 11 is 5.84. The van der Waals surface area contributed by atoms with E-state index in [4.69, 9.17) is 21.4 Å². The van der Waals surface area contributed by atoms with Crippen LogP contribution in [-0.4, -0.2) is 32.4 Å². The third-order valence-electron chi connectivity index (χ3n) is 2.52. The van der Waals surface area contributed by atoms with Crippen molar-refractivity contribution in [2.24, 2.45) is 5.41 Å². The van der Waals surface area contributed by atoms with E-state index in [-0.39, 0.29) is 16.1 Å². The van der Waals surface area contributed by atoms with Gasteiger partial charge in [0.25, 0.3) is 0 Å². The minimum absolute atomic E-state index is 0.0362. The fourth-order valence-corrected chi connectivity index (χ4v) is 1.74. The van der Waals surface area contributed by atoms with Gasteiger partial charge in [-0.2, -0.15) is 0 Å². The number of hydrogen-bond acceptors (Lipinski definition) is 4. The SMILES string of the molecule is CC(C)(C)COc1ccn(-c2ccc(C(=O)O)c(Cl)n2)n1. The number of halogens is 1. The molecule has 0 atom stereocenters.